The lowest BCUT2D eigenvalue weighted by Crippen LogP contribution is -2.49. The topological polar surface area (TPSA) is 44.8 Å². The van der Waals surface area contributed by atoms with E-state index in [9.17, 15) is 4.79 Å². The third kappa shape index (κ3) is 3.78. The van der Waals surface area contributed by atoms with Gasteiger partial charge >= 0.3 is 0 Å². The minimum Gasteiger partial charge on any atom is -0.495 e. The van der Waals surface area contributed by atoms with E-state index in [1.165, 1.54) is 36.1 Å². The molecule has 0 aromatic heterocycles. The van der Waals surface area contributed by atoms with Crippen LogP contribution in [0.25, 0.3) is 0 Å². The van der Waals surface area contributed by atoms with Gasteiger partial charge in [-0.2, -0.15) is 0 Å². The zero-order valence-electron chi connectivity index (χ0n) is 21.5. The van der Waals surface area contributed by atoms with Gasteiger partial charge in [-0.05, 0) is 84.4 Å². The van der Waals surface area contributed by atoms with Crippen molar-refractivity contribution in [2.75, 3.05) is 43.5 Å². The molecule has 37 heavy (non-hydrogen) atoms. The quantitative estimate of drug-likeness (QED) is 0.488. The van der Waals surface area contributed by atoms with Gasteiger partial charge in [-0.3, -0.25) is 4.79 Å². The Labute approximate surface area is 219 Å². The van der Waals surface area contributed by atoms with Crippen LogP contribution in [0.4, 0.5) is 11.4 Å². The Kier molecular flexibility index (Phi) is 5.60. The van der Waals surface area contributed by atoms with E-state index in [2.05, 4.69) is 58.7 Å². The number of benzene rings is 3. The predicted molar refractivity (Wildman–Crippen MR) is 147 cm³/mol. The number of methoxy groups -OCH3 is 1. The van der Waals surface area contributed by atoms with Crippen molar-refractivity contribution in [1.82, 2.24) is 4.90 Å². The fraction of sp³-hybridized carbons (Fsp3) is 0.406. The molecule has 4 aliphatic rings. The average molecular weight is 494 g/mol. The molecular weight excluding hydrogens is 458 g/mol. The standard InChI is InChI=1S/C32H35N3O2/c1-37-28-10-6-5-9-27(28)34-15-17-35(18-16-34)32(36)24-13-14-26-25(20-24)29-22-11-12-23(19-22)30(29)31(33-26)21-7-3-2-4-8-21/h2-10,13-14,20,22-23,29-31,33H,11-12,15-19H2,1H3/t22-,23-,29-,30-,31+/m0/s1. The van der Waals surface area contributed by atoms with E-state index in [1.54, 1.807) is 7.11 Å². The van der Waals surface area contributed by atoms with Crippen LogP contribution in [0.3, 0.4) is 0 Å². The Hall–Kier alpha value is -3.47. The summed E-state index contributed by atoms with van der Waals surface area (Å²) >= 11 is 0. The Bertz CT molecular complexity index is 1300. The van der Waals surface area contributed by atoms with Gasteiger partial charge in [-0.1, -0.05) is 42.5 Å². The molecule has 3 aromatic carbocycles. The number of para-hydroxylation sites is 2. The minimum absolute atomic E-state index is 0.160. The number of amides is 1. The number of hydrogen-bond acceptors (Lipinski definition) is 4. The van der Waals surface area contributed by atoms with Crippen LogP contribution in [0.15, 0.2) is 72.8 Å². The second-order valence-electron chi connectivity index (χ2n) is 11.2. The van der Waals surface area contributed by atoms with Crippen molar-refractivity contribution in [1.29, 1.82) is 0 Å². The van der Waals surface area contributed by atoms with Crippen molar-refractivity contribution in [2.24, 2.45) is 17.8 Å². The first-order valence-electron chi connectivity index (χ1n) is 13.8. The van der Waals surface area contributed by atoms with Crippen molar-refractivity contribution in [3.63, 3.8) is 0 Å². The monoisotopic (exact) mass is 493 g/mol. The maximum Gasteiger partial charge on any atom is 0.253 e. The Morgan fingerprint density at radius 3 is 2.46 bits per heavy atom. The molecule has 3 fully saturated rings. The minimum atomic E-state index is 0.160. The van der Waals surface area contributed by atoms with Crippen LogP contribution in [-0.2, 0) is 0 Å². The van der Waals surface area contributed by atoms with Gasteiger partial charge in [0.05, 0.1) is 18.8 Å². The second kappa shape index (κ2) is 9.13. The van der Waals surface area contributed by atoms with E-state index >= 15 is 0 Å². The summed E-state index contributed by atoms with van der Waals surface area (Å²) in [5, 5.41) is 3.91. The molecule has 2 bridgehead atoms. The molecule has 7 rings (SSSR count). The molecule has 2 aliphatic carbocycles. The second-order valence-corrected chi connectivity index (χ2v) is 11.2. The van der Waals surface area contributed by atoms with E-state index < -0.39 is 0 Å². The lowest BCUT2D eigenvalue weighted by Gasteiger charge is -2.44. The highest BCUT2D eigenvalue weighted by atomic mass is 16.5. The van der Waals surface area contributed by atoms with Crippen LogP contribution < -0.4 is 15.0 Å². The van der Waals surface area contributed by atoms with Crippen molar-refractivity contribution in [3.8, 4) is 5.75 Å². The molecule has 1 N–H and O–H groups in total. The average Bonchev–Trinajstić information content (AvgIpc) is 3.60. The molecule has 0 spiro atoms. The summed E-state index contributed by atoms with van der Waals surface area (Å²) in [6, 6.07) is 25.9. The van der Waals surface area contributed by atoms with Crippen LogP contribution in [0.5, 0.6) is 5.75 Å². The number of piperazine rings is 1. The molecular formula is C32H35N3O2. The first kappa shape index (κ1) is 22.7. The van der Waals surface area contributed by atoms with Crippen LogP contribution in [0.2, 0.25) is 0 Å². The largest absolute Gasteiger partial charge is 0.495 e. The van der Waals surface area contributed by atoms with Gasteiger partial charge in [0.1, 0.15) is 5.75 Å². The van der Waals surface area contributed by atoms with Crippen molar-refractivity contribution >= 4 is 17.3 Å². The van der Waals surface area contributed by atoms with Gasteiger partial charge in [-0.25, -0.2) is 0 Å². The normalized spacial score (nSPS) is 27.9. The molecule has 2 saturated carbocycles. The van der Waals surface area contributed by atoms with E-state index in [0.29, 0.717) is 17.9 Å². The highest BCUT2D eigenvalue weighted by Crippen LogP contribution is 2.63. The van der Waals surface area contributed by atoms with E-state index in [-0.39, 0.29) is 5.91 Å². The Morgan fingerprint density at radius 1 is 0.892 bits per heavy atom. The number of nitrogens with zero attached hydrogens (tertiary/aromatic N) is 2. The molecule has 1 amide bonds. The van der Waals surface area contributed by atoms with Gasteiger partial charge in [0, 0.05) is 37.4 Å². The van der Waals surface area contributed by atoms with Gasteiger partial charge in [0.25, 0.3) is 5.91 Å². The lowest BCUT2D eigenvalue weighted by molar-refractivity contribution is 0.0746. The number of anilines is 2. The Morgan fingerprint density at radius 2 is 1.65 bits per heavy atom. The van der Waals surface area contributed by atoms with Crippen molar-refractivity contribution < 1.29 is 9.53 Å². The molecule has 0 unspecified atom stereocenters. The summed E-state index contributed by atoms with van der Waals surface area (Å²) in [6.45, 7) is 3.07. The van der Waals surface area contributed by atoms with E-state index in [4.69, 9.17) is 4.74 Å². The highest BCUT2D eigenvalue weighted by molar-refractivity contribution is 5.95. The molecule has 0 radical (unpaired) electrons. The summed E-state index contributed by atoms with van der Waals surface area (Å²) in [6.07, 6.45) is 4.01. The summed E-state index contributed by atoms with van der Waals surface area (Å²) < 4.78 is 5.56. The molecule has 2 heterocycles. The van der Waals surface area contributed by atoms with Crippen LogP contribution in [0.1, 0.15) is 52.7 Å². The zero-order chi connectivity index (χ0) is 24.9. The SMILES string of the molecule is COc1ccccc1N1CCN(C(=O)c2ccc3c(c2)[C@@H]2[C@H]4CC[C@@H](C4)[C@@H]2[C@@H](c2ccccc2)N3)CC1. The smallest absolute Gasteiger partial charge is 0.253 e. The number of nitrogens with one attached hydrogen (secondary N) is 1. The van der Waals surface area contributed by atoms with Gasteiger partial charge < -0.3 is 19.9 Å². The molecule has 5 heteroatoms. The molecule has 5 atom stereocenters. The fourth-order valence-electron chi connectivity index (χ4n) is 7.83. The number of ether oxygens (including phenoxy) is 1. The molecule has 2 aliphatic heterocycles. The molecule has 1 saturated heterocycles. The molecule has 5 nitrogen and oxygen atoms in total. The number of carbonyl (C=O) groups excluding carboxylic acids is 1. The van der Waals surface area contributed by atoms with Gasteiger partial charge in [0.15, 0.2) is 0 Å². The predicted octanol–water partition coefficient (Wildman–Crippen LogP) is 5.95. The summed E-state index contributed by atoms with van der Waals surface area (Å²) in [7, 11) is 1.71. The zero-order valence-corrected chi connectivity index (χ0v) is 21.5. The summed E-state index contributed by atoms with van der Waals surface area (Å²) in [5.74, 6) is 3.74. The molecule has 190 valence electrons. The van der Waals surface area contributed by atoms with Gasteiger partial charge in [-0.15, -0.1) is 0 Å². The number of rotatable bonds is 4. The summed E-state index contributed by atoms with van der Waals surface area (Å²) in [5.41, 5.74) is 5.94. The third-order valence-electron chi connectivity index (χ3n) is 9.49. The van der Waals surface area contributed by atoms with Crippen LogP contribution in [0, 0.1) is 17.8 Å². The highest BCUT2D eigenvalue weighted by Gasteiger charge is 2.53. The van der Waals surface area contributed by atoms with Crippen LogP contribution >= 0.6 is 0 Å². The van der Waals surface area contributed by atoms with Crippen molar-refractivity contribution in [2.45, 2.75) is 31.2 Å². The number of hydrogen-bond donors (Lipinski definition) is 1. The van der Waals surface area contributed by atoms with Crippen molar-refractivity contribution in [3.05, 3.63) is 89.5 Å². The first-order valence-corrected chi connectivity index (χ1v) is 13.8. The fourth-order valence-corrected chi connectivity index (χ4v) is 7.83. The number of fused-ring (bicyclic) bond motifs is 7. The first-order chi connectivity index (χ1) is 18.2. The van der Waals surface area contributed by atoms with E-state index in [0.717, 1.165) is 55.0 Å². The van der Waals surface area contributed by atoms with Gasteiger partial charge in [0.2, 0.25) is 0 Å². The summed E-state index contributed by atoms with van der Waals surface area (Å²) in [4.78, 5) is 18.0. The van der Waals surface area contributed by atoms with Crippen LogP contribution in [-0.4, -0.2) is 44.1 Å². The Balaban J connectivity index is 1.12. The number of carbonyl (C=O) groups is 1. The maximum atomic E-state index is 13.7. The lowest BCUT2D eigenvalue weighted by atomic mass is 9.68. The van der Waals surface area contributed by atoms with E-state index in [1.807, 2.05) is 29.2 Å². The molecule has 3 aromatic rings. The third-order valence-corrected chi connectivity index (χ3v) is 9.49. The maximum absolute atomic E-state index is 13.7.